The number of sulfonamides is 1. The van der Waals surface area contributed by atoms with Crippen LogP contribution in [-0.4, -0.2) is 62.4 Å². The highest BCUT2D eigenvalue weighted by atomic mass is 32.2. The molecule has 2 heterocycles. The Balaban J connectivity index is 1.77. The van der Waals surface area contributed by atoms with E-state index in [2.05, 4.69) is 13.8 Å². The molecule has 2 aliphatic rings. The van der Waals surface area contributed by atoms with Gasteiger partial charge in [-0.3, -0.25) is 4.79 Å². The SMILES string of the molecule is CC(C)C1CCCN1C(=O)c1ccc(S(=O)(=O)N2CCOCC2)cc1. The summed E-state index contributed by atoms with van der Waals surface area (Å²) in [6.07, 6.45) is 2.06. The van der Waals surface area contributed by atoms with Gasteiger partial charge in [-0.15, -0.1) is 0 Å². The van der Waals surface area contributed by atoms with Gasteiger partial charge in [0.05, 0.1) is 18.1 Å². The van der Waals surface area contributed by atoms with Crippen molar-refractivity contribution in [3.63, 3.8) is 0 Å². The molecule has 1 amide bonds. The lowest BCUT2D eigenvalue weighted by Gasteiger charge is -2.28. The summed E-state index contributed by atoms with van der Waals surface area (Å²) >= 11 is 0. The zero-order valence-corrected chi connectivity index (χ0v) is 15.7. The van der Waals surface area contributed by atoms with E-state index in [4.69, 9.17) is 4.74 Å². The molecule has 1 atom stereocenters. The summed E-state index contributed by atoms with van der Waals surface area (Å²) in [5.41, 5.74) is 0.550. The maximum absolute atomic E-state index is 12.8. The van der Waals surface area contributed by atoms with Crippen molar-refractivity contribution >= 4 is 15.9 Å². The molecule has 0 aliphatic carbocycles. The Morgan fingerprint density at radius 1 is 1.12 bits per heavy atom. The van der Waals surface area contributed by atoms with E-state index >= 15 is 0 Å². The van der Waals surface area contributed by atoms with E-state index in [0.29, 0.717) is 37.8 Å². The minimum absolute atomic E-state index is 0.00785. The van der Waals surface area contributed by atoms with Crippen molar-refractivity contribution in [3.05, 3.63) is 29.8 Å². The fourth-order valence-corrected chi connectivity index (χ4v) is 5.02. The van der Waals surface area contributed by atoms with Crippen molar-refractivity contribution in [2.45, 2.75) is 37.6 Å². The average Bonchev–Trinajstić information content (AvgIpc) is 3.12. The fourth-order valence-electron chi connectivity index (χ4n) is 3.61. The number of likely N-dealkylation sites (tertiary alicyclic amines) is 1. The number of hydrogen-bond donors (Lipinski definition) is 0. The molecule has 0 radical (unpaired) electrons. The first kappa shape index (κ1) is 18.4. The van der Waals surface area contributed by atoms with E-state index in [1.165, 1.54) is 4.31 Å². The first-order valence-electron chi connectivity index (χ1n) is 8.90. The molecule has 3 rings (SSSR count). The predicted octanol–water partition coefficient (Wildman–Crippen LogP) is 1.97. The third kappa shape index (κ3) is 3.73. The highest BCUT2D eigenvalue weighted by Crippen LogP contribution is 2.26. The molecule has 0 aromatic heterocycles. The maximum Gasteiger partial charge on any atom is 0.254 e. The van der Waals surface area contributed by atoms with Gasteiger partial charge >= 0.3 is 0 Å². The summed E-state index contributed by atoms with van der Waals surface area (Å²) in [6.45, 7) is 6.61. The molecule has 1 aromatic carbocycles. The van der Waals surface area contributed by atoms with Gasteiger partial charge in [-0.05, 0) is 43.0 Å². The van der Waals surface area contributed by atoms with Crippen LogP contribution in [-0.2, 0) is 14.8 Å². The van der Waals surface area contributed by atoms with Gasteiger partial charge in [0.1, 0.15) is 0 Å². The van der Waals surface area contributed by atoms with E-state index in [1.807, 2.05) is 4.90 Å². The number of amides is 1. The van der Waals surface area contributed by atoms with E-state index in [-0.39, 0.29) is 16.8 Å². The average molecular weight is 366 g/mol. The first-order chi connectivity index (χ1) is 11.9. The van der Waals surface area contributed by atoms with E-state index in [9.17, 15) is 13.2 Å². The van der Waals surface area contributed by atoms with Crippen LogP contribution in [0.15, 0.2) is 29.2 Å². The van der Waals surface area contributed by atoms with Crippen molar-refractivity contribution in [1.82, 2.24) is 9.21 Å². The van der Waals surface area contributed by atoms with Crippen LogP contribution in [0.5, 0.6) is 0 Å². The zero-order valence-electron chi connectivity index (χ0n) is 14.8. The number of nitrogens with zero attached hydrogens (tertiary/aromatic N) is 2. The van der Waals surface area contributed by atoms with E-state index in [1.54, 1.807) is 24.3 Å². The predicted molar refractivity (Wildman–Crippen MR) is 94.9 cm³/mol. The molecule has 0 bridgehead atoms. The molecule has 1 unspecified atom stereocenters. The topological polar surface area (TPSA) is 66.9 Å². The number of morpholine rings is 1. The third-order valence-electron chi connectivity index (χ3n) is 5.04. The largest absolute Gasteiger partial charge is 0.379 e. The highest BCUT2D eigenvalue weighted by Gasteiger charge is 2.32. The lowest BCUT2D eigenvalue weighted by molar-refractivity contribution is 0.0701. The molecule has 0 spiro atoms. The van der Waals surface area contributed by atoms with Crippen LogP contribution in [0.2, 0.25) is 0 Å². The second-order valence-corrected chi connectivity index (χ2v) is 8.93. The lowest BCUT2D eigenvalue weighted by Crippen LogP contribution is -2.40. The molecular weight excluding hydrogens is 340 g/mol. The Hall–Kier alpha value is -1.44. The molecule has 1 aromatic rings. The van der Waals surface area contributed by atoms with Crippen LogP contribution in [0, 0.1) is 5.92 Å². The van der Waals surface area contributed by atoms with Crippen molar-refractivity contribution in [2.75, 3.05) is 32.8 Å². The van der Waals surface area contributed by atoms with Gasteiger partial charge < -0.3 is 9.64 Å². The molecule has 2 aliphatic heterocycles. The summed E-state index contributed by atoms with van der Waals surface area (Å²) in [5, 5.41) is 0. The van der Waals surface area contributed by atoms with Crippen molar-refractivity contribution in [1.29, 1.82) is 0 Å². The number of ether oxygens (including phenoxy) is 1. The van der Waals surface area contributed by atoms with Crippen molar-refractivity contribution < 1.29 is 17.9 Å². The Bertz CT molecular complexity index is 709. The Kier molecular flexibility index (Phi) is 5.46. The summed E-state index contributed by atoms with van der Waals surface area (Å²) in [6, 6.07) is 6.61. The smallest absolute Gasteiger partial charge is 0.254 e. The van der Waals surface area contributed by atoms with Gasteiger partial charge in [0, 0.05) is 31.2 Å². The van der Waals surface area contributed by atoms with Crippen LogP contribution >= 0.6 is 0 Å². The molecule has 7 heteroatoms. The zero-order chi connectivity index (χ0) is 18.0. The Morgan fingerprint density at radius 2 is 1.76 bits per heavy atom. The molecule has 6 nitrogen and oxygen atoms in total. The molecule has 2 saturated heterocycles. The fraction of sp³-hybridized carbons (Fsp3) is 0.611. The second kappa shape index (κ2) is 7.43. The van der Waals surface area contributed by atoms with Crippen LogP contribution in [0.25, 0.3) is 0 Å². The lowest BCUT2D eigenvalue weighted by atomic mass is 10.0. The number of carbonyl (C=O) groups excluding carboxylic acids is 1. The van der Waals surface area contributed by atoms with Crippen LogP contribution in [0.1, 0.15) is 37.0 Å². The minimum atomic E-state index is -3.52. The summed E-state index contributed by atoms with van der Waals surface area (Å²) < 4.78 is 31.9. The van der Waals surface area contributed by atoms with Gasteiger partial charge in [-0.1, -0.05) is 13.8 Å². The first-order valence-corrected chi connectivity index (χ1v) is 10.3. The Labute approximate surface area is 149 Å². The number of carbonyl (C=O) groups is 1. The summed E-state index contributed by atoms with van der Waals surface area (Å²) in [4.78, 5) is 14.9. The van der Waals surface area contributed by atoms with Crippen LogP contribution in [0.4, 0.5) is 0 Å². The molecule has 2 fully saturated rings. The highest BCUT2D eigenvalue weighted by molar-refractivity contribution is 7.89. The second-order valence-electron chi connectivity index (χ2n) is 6.99. The minimum Gasteiger partial charge on any atom is -0.379 e. The van der Waals surface area contributed by atoms with Gasteiger partial charge in [0.25, 0.3) is 5.91 Å². The molecule has 0 N–H and O–H groups in total. The molecule has 0 saturated carbocycles. The van der Waals surface area contributed by atoms with Gasteiger partial charge in [0.15, 0.2) is 0 Å². The summed E-state index contributed by atoms with van der Waals surface area (Å²) in [5.74, 6) is 0.416. The number of rotatable bonds is 4. The Morgan fingerprint density at radius 3 is 2.36 bits per heavy atom. The monoisotopic (exact) mass is 366 g/mol. The van der Waals surface area contributed by atoms with Gasteiger partial charge in [-0.25, -0.2) is 8.42 Å². The molecular formula is C18H26N2O4S. The van der Waals surface area contributed by atoms with E-state index in [0.717, 1.165) is 19.4 Å². The normalized spacial score (nSPS) is 22.5. The van der Waals surface area contributed by atoms with Crippen molar-refractivity contribution in [3.8, 4) is 0 Å². The van der Waals surface area contributed by atoms with Crippen molar-refractivity contribution in [2.24, 2.45) is 5.92 Å². The summed E-state index contributed by atoms with van der Waals surface area (Å²) in [7, 11) is -3.52. The van der Waals surface area contributed by atoms with Crippen LogP contribution in [0.3, 0.4) is 0 Å². The van der Waals surface area contributed by atoms with Gasteiger partial charge in [-0.2, -0.15) is 4.31 Å². The number of hydrogen-bond acceptors (Lipinski definition) is 4. The molecule has 25 heavy (non-hydrogen) atoms. The van der Waals surface area contributed by atoms with Crippen LogP contribution < -0.4 is 0 Å². The van der Waals surface area contributed by atoms with Gasteiger partial charge in [0.2, 0.25) is 10.0 Å². The maximum atomic E-state index is 12.8. The standard InChI is InChI=1S/C18H26N2O4S/c1-14(2)17-4-3-9-20(17)18(21)15-5-7-16(8-6-15)25(22,23)19-10-12-24-13-11-19/h5-8,14,17H,3-4,9-13H2,1-2H3. The molecule has 138 valence electrons. The number of benzene rings is 1. The third-order valence-corrected chi connectivity index (χ3v) is 6.95. The quantitative estimate of drug-likeness (QED) is 0.817. The van der Waals surface area contributed by atoms with E-state index < -0.39 is 10.0 Å².